The first-order valence-electron chi connectivity index (χ1n) is 6.48. The summed E-state index contributed by atoms with van der Waals surface area (Å²) in [5.74, 6) is 0.212. The smallest absolute Gasteiger partial charge is 0.221 e. The second kappa shape index (κ2) is 7.84. The number of anilines is 1. The highest BCUT2D eigenvalue weighted by molar-refractivity contribution is 7.89. The molecule has 0 aliphatic rings. The van der Waals surface area contributed by atoms with E-state index in [0.29, 0.717) is 11.4 Å². The van der Waals surface area contributed by atoms with Crippen LogP contribution in [0.1, 0.15) is 6.42 Å². The number of hydrogen-bond acceptors (Lipinski definition) is 5. The average molecular weight is 315 g/mol. The molecule has 3 N–H and O–H groups in total. The number of sulfonamides is 1. The van der Waals surface area contributed by atoms with Gasteiger partial charge in [-0.2, -0.15) is 0 Å². The van der Waals surface area contributed by atoms with Crippen LogP contribution in [-0.2, 0) is 14.8 Å². The number of nitrogens with two attached hydrogens (primary N) is 1. The van der Waals surface area contributed by atoms with Crippen LogP contribution in [0.15, 0.2) is 24.3 Å². The maximum atomic E-state index is 12.0. The number of rotatable bonds is 8. The Morgan fingerprint density at radius 2 is 1.95 bits per heavy atom. The van der Waals surface area contributed by atoms with Crippen molar-refractivity contribution < 1.29 is 17.9 Å². The van der Waals surface area contributed by atoms with Crippen molar-refractivity contribution in [1.82, 2.24) is 9.62 Å². The zero-order chi connectivity index (χ0) is 15.9. The molecule has 0 spiro atoms. The SMILES string of the molecule is CNC(=O)CCN(C)S(=O)(=O)CCOc1ccc(N)cc1. The minimum Gasteiger partial charge on any atom is -0.492 e. The van der Waals surface area contributed by atoms with E-state index in [1.807, 2.05) is 0 Å². The van der Waals surface area contributed by atoms with Gasteiger partial charge in [-0.25, -0.2) is 12.7 Å². The predicted octanol–water partition coefficient (Wildman–Crippen LogP) is 0.0453. The Labute approximate surface area is 125 Å². The molecular formula is C13H21N3O4S. The van der Waals surface area contributed by atoms with E-state index in [9.17, 15) is 13.2 Å². The fraction of sp³-hybridized carbons (Fsp3) is 0.462. The fourth-order valence-corrected chi connectivity index (χ4v) is 2.48. The Hall–Kier alpha value is -1.80. The lowest BCUT2D eigenvalue weighted by atomic mass is 10.3. The molecule has 0 aliphatic heterocycles. The molecule has 7 nitrogen and oxygen atoms in total. The Morgan fingerprint density at radius 1 is 1.33 bits per heavy atom. The van der Waals surface area contributed by atoms with Gasteiger partial charge in [-0.3, -0.25) is 4.79 Å². The normalized spacial score (nSPS) is 11.4. The zero-order valence-electron chi connectivity index (χ0n) is 12.2. The molecule has 0 aliphatic carbocycles. The van der Waals surface area contributed by atoms with E-state index in [2.05, 4.69) is 5.32 Å². The molecule has 0 aromatic heterocycles. The molecule has 1 aromatic carbocycles. The molecule has 0 unspecified atom stereocenters. The lowest BCUT2D eigenvalue weighted by Crippen LogP contribution is -2.34. The monoisotopic (exact) mass is 315 g/mol. The zero-order valence-corrected chi connectivity index (χ0v) is 13.0. The van der Waals surface area contributed by atoms with Gasteiger partial charge in [-0.1, -0.05) is 0 Å². The first kappa shape index (κ1) is 17.3. The molecular weight excluding hydrogens is 294 g/mol. The van der Waals surface area contributed by atoms with Gasteiger partial charge in [0, 0.05) is 32.7 Å². The molecule has 0 saturated carbocycles. The predicted molar refractivity (Wildman–Crippen MR) is 81.4 cm³/mol. The van der Waals surface area contributed by atoms with Gasteiger partial charge >= 0.3 is 0 Å². The standard InChI is InChI=1S/C13H21N3O4S/c1-15-13(17)7-8-16(2)21(18,19)10-9-20-12-5-3-11(14)4-6-12/h3-6H,7-10,14H2,1-2H3,(H,15,17). The molecule has 1 rings (SSSR count). The number of carbonyl (C=O) groups excluding carboxylic acids is 1. The number of hydrogen-bond donors (Lipinski definition) is 2. The molecule has 0 saturated heterocycles. The van der Waals surface area contributed by atoms with Gasteiger partial charge in [0.05, 0.1) is 5.75 Å². The summed E-state index contributed by atoms with van der Waals surface area (Å²) in [5.41, 5.74) is 6.16. The van der Waals surface area contributed by atoms with Gasteiger partial charge in [0.25, 0.3) is 0 Å². The van der Waals surface area contributed by atoms with E-state index in [4.69, 9.17) is 10.5 Å². The lowest BCUT2D eigenvalue weighted by Gasteiger charge is -2.16. The second-order valence-electron chi connectivity index (χ2n) is 4.48. The van der Waals surface area contributed by atoms with Crippen LogP contribution in [0.2, 0.25) is 0 Å². The number of amides is 1. The summed E-state index contributed by atoms with van der Waals surface area (Å²) in [7, 11) is -0.482. The largest absolute Gasteiger partial charge is 0.492 e. The van der Waals surface area contributed by atoms with Crippen LogP contribution in [0.3, 0.4) is 0 Å². The summed E-state index contributed by atoms with van der Waals surface area (Å²) >= 11 is 0. The van der Waals surface area contributed by atoms with Crippen LogP contribution >= 0.6 is 0 Å². The van der Waals surface area contributed by atoms with Crippen LogP contribution < -0.4 is 15.8 Å². The molecule has 1 amide bonds. The van der Waals surface area contributed by atoms with Crippen LogP contribution in [0.4, 0.5) is 5.69 Å². The molecule has 1 aromatic rings. The van der Waals surface area contributed by atoms with Gasteiger partial charge < -0.3 is 15.8 Å². The molecule has 0 atom stereocenters. The first-order chi connectivity index (χ1) is 9.85. The maximum Gasteiger partial charge on any atom is 0.221 e. The molecule has 0 heterocycles. The van der Waals surface area contributed by atoms with Crippen molar-refractivity contribution in [2.75, 3.05) is 38.7 Å². The van der Waals surface area contributed by atoms with Gasteiger partial charge in [-0.15, -0.1) is 0 Å². The van der Waals surface area contributed by atoms with E-state index in [-0.39, 0.29) is 31.2 Å². The molecule has 21 heavy (non-hydrogen) atoms. The second-order valence-corrected chi connectivity index (χ2v) is 6.67. The summed E-state index contributed by atoms with van der Waals surface area (Å²) in [6, 6.07) is 6.72. The number of nitrogens with one attached hydrogen (secondary N) is 1. The quantitative estimate of drug-likeness (QED) is 0.660. The number of nitrogen functional groups attached to an aromatic ring is 1. The summed E-state index contributed by atoms with van der Waals surface area (Å²) in [5, 5.41) is 2.45. The first-order valence-corrected chi connectivity index (χ1v) is 8.09. The van der Waals surface area contributed by atoms with E-state index in [0.717, 1.165) is 4.31 Å². The minimum absolute atomic E-state index is 0.0383. The van der Waals surface area contributed by atoms with Gasteiger partial charge in [0.1, 0.15) is 12.4 Å². The minimum atomic E-state index is -3.44. The van der Waals surface area contributed by atoms with Crippen LogP contribution in [0.25, 0.3) is 0 Å². The summed E-state index contributed by atoms with van der Waals surface area (Å²) in [6.07, 6.45) is 0.130. The highest BCUT2D eigenvalue weighted by Gasteiger charge is 2.18. The highest BCUT2D eigenvalue weighted by atomic mass is 32.2. The summed E-state index contributed by atoms with van der Waals surface area (Å²) in [4.78, 5) is 11.1. The van der Waals surface area contributed by atoms with Gasteiger partial charge in [0.2, 0.25) is 15.9 Å². The summed E-state index contributed by atoms with van der Waals surface area (Å²) < 4.78 is 30.5. The van der Waals surface area contributed by atoms with Crippen molar-refractivity contribution in [1.29, 1.82) is 0 Å². The number of ether oxygens (including phenoxy) is 1. The fourth-order valence-electron chi connectivity index (χ4n) is 1.51. The maximum absolute atomic E-state index is 12.0. The number of nitrogens with zero attached hydrogens (tertiary/aromatic N) is 1. The third-order valence-corrected chi connectivity index (χ3v) is 4.71. The van der Waals surface area contributed by atoms with Crippen LogP contribution in [-0.4, -0.2) is 51.6 Å². The Morgan fingerprint density at radius 3 is 2.52 bits per heavy atom. The van der Waals surface area contributed by atoms with Gasteiger partial charge in [-0.05, 0) is 24.3 Å². The average Bonchev–Trinajstić information content (AvgIpc) is 2.46. The van der Waals surface area contributed by atoms with E-state index in [1.165, 1.54) is 14.1 Å². The van der Waals surface area contributed by atoms with Crippen molar-refractivity contribution in [2.45, 2.75) is 6.42 Å². The third-order valence-electron chi connectivity index (χ3n) is 2.90. The summed E-state index contributed by atoms with van der Waals surface area (Å²) in [6.45, 7) is 0.181. The van der Waals surface area contributed by atoms with Crippen molar-refractivity contribution >= 4 is 21.6 Å². The topological polar surface area (TPSA) is 102 Å². The molecule has 0 radical (unpaired) electrons. The Balaban J connectivity index is 2.41. The van der Waals surface area contributed by atoms with Crippen LogP contribution in [0.5, 0.6) is 5.75 Å². The van der Waals surface area contributed by atoms with Crippen LogP contribution in [0, 0.1) is 0 Å². The Kier molecular flexibility index (Phi) is 6.44. The van der Waals surface area contributed by atoms with Gasteiger partial charge in [0.15, 0.2) is 0 Å². The third kappa shape index (κ3) is 6.01. The van der Waals surface area contributed by atoms with Crippen molar-refractivity contribution in [3.05, 3.63) is 24.3 Å². The van der Waals surface area contributed by atoms with E-state index >= 15 is 0 Å². The van der Waals surface area contributed by atoms with Crippen molar-refractivity contribution in [3.63, 3.8) is 0 Å². The number of carbonyl (C=O) groups is 1. The van der Waals surface area contributed by atoms with Crippen molar-refractivity contribution in [3.8, 4) is 5.75 Å². The lowest BCUT2D eigenvalue weighted by molar-refractivity contribution is -0.120. The van der Waals surface area contributed by atoms with Crippen molar-refractivity contribution in [2.24, 2.45) is 0 Å². The van der Waals surface area contributed by atoms with E-state index < -0.39 is 10.0 Å². The molecule has 0 fully saturated rings. The van der Waals surface area contributed by atoms with E-state index in [1.54, 1.807) is 24.3 Å². The highest BCUT2D eigenvalue weighted by Crippen LogP contribution is 2.13. The molecule has 0 bridgehead atoms. The number of benzene rings is 1. The molecule has 8 heteroatoms. The molecule has 118 valence electrons. The Bertz CT molecular complexity index is 557.